The zero-order valence-electron chi connectivity index (χ0n) is 18.0. The van der Waals surface area contributed by atoms with Crippen molar-refractivity contribution in [3.63, 3.8) is 0 Å². The highest BCUT2D eigenvalue weighted by molar-refractivity contribution is 6.06. The number of para-hydroxylation sites is 1. The number of anilines is 1. The standard InChI is InChI=1S/C25H24N4O3/c1-28(25(31)18-9-4-3-5-10-18)19-12-13-21-20(16-19)27-24(23(26)30)29(21)15-14-17-8-6-7-11-22(17)32-2/h3-13,16H,14-15H2,1-2H3,(H2,26,30). The van der Waals surface area contributed by atoms with E-state index in [1.165, 1.54) is 0 Å². The van der Waals surface area contributed by atoms with Crippen molar-refractivity contribution in [2.45, 2.75) is 13.0 Å². The van der Waals surface area contributed by atoms with Gasteiger partial charge in [0.05, 0.1) is 18.1 Å². The average Bonchev–Trinajstić information content (AvgIpc) is 3.20. The van der Waals surface area contributed by atoms with Gasteiger partial charge in [0.15, 0.2) is 5.82 Å². The molecule has 1 aromatic heterocycles. The first-order valence-electron chi connectivity index (χ1n) is 10.2. The van der Waals surface area contributed by atoms with Gasteiger partial charge in [-0.05, 0) is 48.4 Å². The number of ether oxygens (including phenoxy) is 1. The predicted molar refractivity (Wildman–Crippen MR) is 124 cm³/mol. The zero-order chi connectivity index (χ0) is 22.7. The molecular formula is C25H24N4O3. The minimum absolute atomic E-state index is 0.129. The van der Waals surface area contributed by atoms with Gasteiger partial charge >= 0.3 is 0 Å². The number of hydrogen-bond donors (Lipinski definition) is 1. The van der Waals surface area contributed by atoms with Crippen LogP contribution in [0.2, 0.25) is 0 Å². The van der Waals surface area contributed by atoms with Crippen molar-refractivity contribution in [1.29, 1.82) is 0 Å². The van der Waals surface area contributed by atoms with Crippen molar-refractivity contribution in [2.24, 2.45) is 5.73 Å². The second kappa shape index (κ2) is 8.93. The number of primary amides is 1. The van der Waals surface area contributed by atoms with E-state index in [0.29, 0.717) is 29.7 Å². The topological polar surface area (TPSA) is 90.4 Å². The van der Waals surface area contributed by atoms with Crippen molar-refractivity contribution in [3.05, 3.63) is 89.7 Å². The number of aryl methyl sites for hydroxylation is 2. The van der Waals surface area contributed by atoms with E-state index in [-0.39, 0.29) is 11.7 Å². The van der Waals surface area contributed by atoms with Gasteiger partial charge in [0.1, 0.15) is 5.75 Å². The number of carbonyl (C=O) groups is 2. The molecule has 0 spiro atoms. The van der Waals surface area contributed by atoms with E-state index in [1.54, 1.807) is 37.3 Å². The van der Waals surface area contributed by atoms with Crippen LogP contribution in [0.25, 0.3) is 11.0 Å². The number of imidazole rings is 1. The van der Waals surface area contributed by atoms with Gasteiger partial charge in [-0.3, -0.25) is 9.59 Å². The number of rotatable bonds is 7. The van der Waals surface area contributed by atoms with Gasteiger partial charge < -0.3 is 19.9 Å². The Labute approximate surface area is 186 Å². The number of methoxy groups -OCH3 is 1. The van der Waals surface area contributed by atoms with Crippen LogP contribution in [0.4, 0.5) is 5.69 Å². The monoisotopic (exact) mass is 428 g/mol. The molecule has 32 heavy (non-hydrogen) atoms. The lowest BCUT2D eigenvalue weighted by atomic mass is 10.1. The van der Waals surface area contributed by atoms with E-state index in [1.807, 2.05) is 59.2 Å². The molecule has 0 atom stereocenters. The SMILES string of the molecule is COc1ccccc1CCn1c(C(N)=O)nc2cc(N(C)C(=O)c3ccccc3)ccc21. The molecule has 1 heterocycles. The summed E-state index contributed by atoms with van der Waals surface area (Å²) in [5.41, 5.74) is 9.29. The van der Waals surface area contributed by atoms with Gasteiger partial charge in [-0.2, -0.15) is 0 Å². The van der Waals surface area contributed by atoms with Crippen LogP contribution in [0.5, 0.6) is 5.75 Å². The molecule has 4 aromatic rings. The molecule has 0 unspecified atom stereocenters. The first-order chi connectivity index (χ1) is 15.5. The van der Waals surface area contributed by atoms with Crippen LogP contribution in [0, 0.1) is 0 Å². The Morgan fingerprint density at radius 3 is 2.47 bits per heavy atom. The van der Waals surface area contributed by atoms with E-state index in [4.69, 9.17) is 10.5 Å². The Bertz CT molecular complexity index is 1280. The predicted octanol–water partition coefficient (Wildman–Crippen LogP) is 3.66. The lowest BCUT2D eigenvalue weighted by Crippen LogP contribution is -2.26. The number of carbonyl (C=O) groups excluding carboxylic acids is 2. The third kappa shape index (κ3) is 4.05. The van der Waals surface area contributed by atoms with Gasteiger partial charge in [0.25, 0.3) is 11.8 Å². The fourth-order valence-corrected chi connectivity index (χ4v) is 3.77. The van der Waals surface area contributed by atoms with Crippen molar-refractivity contribution in [2.75, 3.05) is 19.1 Å². The molecule has 7 nitrogen and oxygen atoms in total. The highest BCUT2D eigenvalue weighted by Gasteiger charge is 2.19. The first kappa shape index (κ1) is 21.1. The van der Waals surface area contributed by atoms with Crippen LogP contribution in [-0.4, -0.2) is 35.5 Å². The van der Waals surface area contributed by atoms with Crippen LogP contribution in [0.15, 0.2) is 72.8 Å². The highest BCUT2D eigenvalue weighted by atomic mass is 16.5. The maximum Gasteiger partial charge on any atom is 0.284 e. The lowest BCUT2D eigenvalue weighted by molar-refractivity contribution is 0.0981. The van der Waals surface area contributed by atoms with Gasteiger partial charge in [-0.25, -0.2) is 4.98 Å². The molecule has 162 valence electrons. The summed E-state index contributed by atoms with van der Waals surface area (Å²) in [7, 11) is 3.35. The summed E-state index contributed by atoms with van der Waals surface area (Å²) in [6.45, 7) is 0.507. The van der Waals surface area contributed by atoms with Crippen molar-refractivity contribution in [1.82, 2.24) is 9.55 Å². The van der Waals surface area contributed by atoms with Crippen molar-refractivity contribution >= 4 is 28.5 Å². The Morgan fingerprint density at radius 1 is 1.03 bits per heavy atom. The molecular weight excluding hydrogens is 404 g/mol. The smallest absolute Gasteiger partial charge is 0.284 e. The van der Waals surface area contributed by atoms with Crippen molar-refractivity contribution in [3.8, 4) is 5.75 Å². The van der Waals surface area contributed by atoms with Crippen LogP contribution in [0.3, 0.4) is 0 Å². The molecule has 0 fully saturated rings. The number of fused-ring (bicyclic) bond motifs is 1. The van der Waals surface area contributed by atoms with Crippen LogP contribution in [-0.2, 0) is 13.0 Å². The van der Waals surface area contributed by atoms with E-state index in [0.717, 1.165) is 16.8 Å². The summed E-state index contributed by atoms with van der Waals surface area (Å²) < 4.78 is 7.24. The van der Waals surface area contributed by atoms with E-state index in [2.05, 4.69) is 4.98 Å². The Kier molecular flexibility index (Phi) is 5.89. The molecule has 0 saturated heterocycles. The molecule has 0 aliphatic heterocycles. The quantitative estimate of drug-likeness (QED) is 0.486. The normalized spacial score (nSPS) is 10.8. The number of aromatic nitrogens is 2. The van der Waals surface area contributed by atoms with E-state index in [9.17, 15) is 9.59 Å². The molecule has 0 bridgehead atoms. The second-order valence-corrected chi connectivity index (χ2v) is 7.42. The summed E-state index contributed by atoms with van der Waals surface area (Å²) in [6, 6.07) is 22.3. The minimum atomic E-state index is -0.600. The molecule has 3 aromatic carbocycles. The second-order valence-electron chi connectivity index (χ2n) is 7.42. The summed E-state index contributed by atoms with van der Waals surface area (Å²) in [6.07, 6.45) is 0.643. The lowest BCUT2D eigenvalue weighted by Gasteiger charge is -2.17. The molecule has 7 heteroatoms. The van der Waals surface area contributed by atoms with E-state index < -0.39 is 5.91 Å². The number of amides is 2. The number of nitrogens with two attached hydrogens (primary N) is 1. The minimum Gasteiger partial charge on any atom is -0.496 e. The highest BCUT2D eigenvalue weighted by Crippen LogP contribution is 2.25. The maximum atomic E-state index is 12.8. The number of hydrogen-bond acceptors (Lipinski definition) is 4. The van der Waals surface area contributed by atoms with Gasteiger partial charge in [-0.15, -0.1) is 0 Å². The van der Waals surface area contributed by atoms with Crippen LogP contribution < -0.4 is 15.4 Å². The first-order valence-corrected chi connectivity index (χ1v) is 10.2. The van der Waals surface area contributed by atoms with Gasteiger partial charge in [-0.1, -0.05) is 36.4 Å². The maximum absolute atomic E-state index is 12.8. The Balaban J connectivity index is 1.66. The summed E-state index contributed by atoms with van der Waals surface area (Å²) >= 11 is 0. The number of nitrogens with zero attached hydrogens (tertiary/aromatic N) is 3. The van der Waals surface area contributed by atoms with Crippen molar-refractivity contribution < 1.29 is 14.3 Å². The summed E-state index contributed by atoms with van der Waals surface area (Å²) in [4.78, 5) is 30.9. The molecule has 0 saturated carbocycles. The van der Waals surface area contributed by atoms with E-state index >= 15 is 0 Å². The Morgan fingerprint density at radius 2 is 1.75 bits per heavy atom. The molecule has 4 rings (SSSR count). The third-order valence-corrected chi connectivity index (χ3v) is 5.46. The largest absolute Gasteiger partial charge is 0.496 e. The zero-order valence-corrected chi connectivity index (χ0v) is 18.0. The average molecular weight is 428 g/mol. The fraction of sp³-hybridized carbons (Fsp3) is 0.160. The number of benzene rings is 3. The molecule has 2 N–H and O–H groups in total. The Hall–Kier alpha value is -4.13. The van der Waals surface area contributed by atoms with Gasteiger partial charge in [0, 0.05) is 24.8 Å². The molecule has 0 radical (unpaired) electrons. The molecule has 2 amide bonds. The molecule has 0 aliphatic rings. The van der Waals surface area contributed by atoms with Crippen LogP contribution >= 0.6 is 0 Å². The van der Waals surface area contributed by atoms with Gasteiger partial charge in [0.2, 0.25) is 0 Å². The summed E-state index contributed by atoms with van der Waals surface area (Å²) in [5, 5.41) is 0. The molecule has 0 aliphatic carbocycles. The fourth-order valence-electron chi connectivity index (χ4n) is 3.77. The summed E-state index contributed by atoms with van der Waals surface area (Å²) in [5.74, 6) is 0.247. The van der Waals surface area contributed by atoms with Crippen LogP contribution in [0.1, 0.15) is 26.5 Å². The third-order valence-electron chi connectivity index (χ3n) is 5.46.